The van der Waals surface area contributed by atoms with Crippen LogP contribution in [0.4, 0.5) is 0 Å². The molecule has 0 saturated heterocycles. The predicted octanol–water partition coefficient (Wildman–Crippen LogP) is -0.635. The van der Waals surface area contributed by atoms with Gasteiger partial charge in [0.1, 0.15) is 0 Å². The number of aliphatic hydroxyl groups is 1. The van der Waals surface area contributed by atoms with Crippen molar-refractivity contribution in [1.29, 1.82) is 0 Å². The Bertz CT molecular complexity index is 178. The van der Waals surface area contributed by atoms with E-state index in [4.69, 9.17) is 10.8 Å². The number of nitrogens with one attached hydrogen (secondary N) is 1. The first-order valence-corrected chi connectivity index (χ1v) is 4.29. The van der Waals surface area contributed by atoms with Gasteiger partial charge in [0, 0.05) is 6.04 Å². The number of hydrogen-bond acceptors (Lipinski definition) is 3. The van der Waals surface area contributed by atoms with Crippen LogP contribution in [0.15, 0.2) is 0 Å². The molecule has 1 fully saturated rings. The van der Waals surface area contributed by atoms with E-state index in [1.54, 1.807) is 6.92 Å². The SMILES string of the molecule is CC(CO)NC(=O)C1(N)CCC1. The van der Waals surface area contributed by atoms with E-state index in [0.717, 1.165) is 19.3 Å². The van der Waals surface area contributed by atoms with Gasteiger partial charge in [-0.2, -0.15) is 0 Å². The fraction of sp³-hybridized carbons (Fsp3) is 0.875. The topological polar surface area (TPSA) is 75.3 Å². The Labute approximate surface area is 72.1 Å². The van der Waals surface area contributed by atoms with Gasteiger partial charge in [0.2, 0.25) is 5.91 Å². The smallest absolute Gasteiger partial charge is 0.240 e. The second-order valence-corrected chi connectivity index (χ2v) is 3.57. The van der Waals surface area contributed by atoms with Gasteiger partial charge < -0.3 is 16.2 Å². The van der Waals surface area contributed by atoms with Crippen LogP contribution in [0.2, 0.25) is 0 Å². The van der Waals surface area contributed by atoms with Crippen LogP contribution in [-0.4, -0.2) is 29.2 Å². The van der Waals surface area contributed by atoms with Crippen LogP contribution < -0.4 is 11.1 Å². The number of rotatable bonds is 3. The molecule has 1 amide bonds. The summed E-state index contributed by atoms with van der Waals surface area (Å²) in [5, 5.41) is 11.3. The summed E-state index contributed by atoms with van der Waals surface area (Å²) in [4.78, 5) is 11.4. The highest BCUT2D eigenvalue weighted by Crippen LogP contribution is 2.29. The largest absolute Gasteiger partial charge is 0.394 e. The lowest BCUT2D eigenvalue weighted by atomic mass is 9.77. The van der Waals surface area contributed by atoms with Crippen molar-refractivity contribution < 1.29 is 9.90 Å². The fourth-order valence-electron chi connectivity index (χ4n) is 1.20. The van der Waals surface area contributed by atoms with Crippen LogP contribution >= 0.6 is 0 Å². The number of aliphatic hydroxyl groups excluding tert-OH is 1. The zero-order valence-corrected chi connectivity index (χ0v) is 7.34. The minimum absolute atomic E-state index is 0.0399. The molecule has 0 aromatic carbocycles. The van der Waals surface area contributed by atoms with Crippen molar-refractivity contribution in [1.82, 2.24) is 5.32 Å². The van der Waals surface area contributed by atoms with Crippen LogP contribution in [-0.2, 0) is 4.79 Å². The highest BCUT2D eigenvalue weighted by Gasteiger charge is 2.40. The molecule has 1 rings (SSSR count). The fourth-order valence-corrected chi connectivity index (χ4v) is 1.20. The number of carbonyl (C=O) groups excluding carboxylic acids is 1. The average molecular weight is 172 g/mol. The third-order valence-corrected chi connectivity index (χ3v) is 2.35. The zero-order valence-electron chi connectivity index (χ0n) is 7.34. The second kappa shape index (κ2) is 3.41. The average Bonchev–Trinajstić information content (AvgIpc) is 1.99. The lowest BCUT2D eigenvalue weighted by molar-refractivity contribution is -0.130. The lowest BCUT2D eigenvalue weighted by Crippen LogP contribution is -2.60. The quantitative estimate of drug-likeness (QED) is 0.530. The summed E-state index contributed by atoms with van der Waals surface area (Å²) in [6, 6.07) is -0.196. The van der Waals surface area contributed by atoms with Crippen LogP contribution in [0.5, 0.6) is 0 Å². The van der Waals surface area contributed by atoms with E-state index in [0.29, 0.717) is 0 Å². The van der Waals surface area contributed by atoms with Gasteiger partial charge in [-0.05, 0) is 26.2 Å². The van der Waals surface area contributed by atoms with Crippen LogP contribution in [0.3, 0.4) is 0 Å². The van der Waals surface area contributed by atoms with Crippen molar-refractivity contribution >= 4 is 5.91 Å². The monoisotopic (exact) mass is 172 g/mol. The summed E-state index contributed by atoms with van der Waals surface area (Å²) in [5.41, 5.74) is 5.11. The Hall–Kier alpha value is -0.610. The van der Waals surface area contributed by atoms with E-state index in [1.807, 2.05) is 0 Å². The van der Waals surface area contributed by atoms with Gasteiger partial charge in [0.15, 0.2) is 0 Å². The number of amides is 1. The Balaban J connectivity index is 2.37. The van der Waals surface area contributed by atoms with Gasteiger partial charge in [-0.3, -0.25) is 4.79 Å². The van der Waals surface area contributed by atoms with Gasteiger partial charge in [-0.25, -0.2) is 0 Å². The van der Waals surface area contributed by atoms with Crippen molar-refractivity contribution in [2.75, 3.05) is 6.61 Å². The van der Waals surface area contributed by atoms with Gasteiger partial charge >= 0.3 is 0 Å². The maximum atomic E-state index is 11.4. The number of nitrogens with two attached hydrogens (primary N) is 1. The highest BCUT2D eigenvalue weighted by molar-refractivity contribution is 5.87. The van der Waals surface area contributed by atoms with E-state index in [-0.39, 0.29) is 18.6 Å². The molecule has 1 aliphatic rings. The van der Waals surface area contributed by atoms with Gasteiger partial charge in [0.05, 0.1) is 12.1 Å². The molecule has 1 saturated carbocycles. The molecule has 70 valence electrons. The van der Waals surface area contributed by atoms with Crippen LogP contribution in [0.25, 0.3) is 0 Å². The van der Waals surface area contributed by atoms with Gasteiger partial charge in [-0.1, -0.05) is 0 Å². The standard InChI is InChI=1S/C8H16N2O2/c1-6(5-11)10-7(12)8(9)3-2-4-8/h6,11H,2-5,9H2,1H3,(H,10,12). The molecule has 0 bridgehead atoms. The first kappa shape index (κ1) is 9.48. The molecule has 0 spiro atoms. The summed E-state index contributed by atoms with van der Waals surface area (Å²) < 4.78 is 0. The molecule has 0 aromatic rings. The van der Waals surface area contributed by atoms with Gasteiger partial charge in [0.25, 0.3) is 0 Å². The first-order chi connectivity index (χ1) is 5.58. The highest BCUT2D eigenvalue weighted by atomic mass is 16.3. The lowest BCUT2D eigenvalue weighted by Gasteiger charge is -2.36. The molecule has 1 unspecified atom stereocenters. The number of carbonyl (C=O) groups is 1. The summed E-state index contributed by atoms with van der Waals surface area (Å²) in [7, 11) is 0. The molecule has 12 heavy (non-hydrogen) atoms. The molecule has 0 aromatic heterocycles. The molecular weight excluding hydrogens is 156 g/mol. The Morgan fingerprint density at radius 3 is 2.67 bits per heavy atom. The Kier molecular flexibility index (Phi) is 2.69. The minimum atomic E-state index is -0.649. The molecular formula is C8H16N2O2. The summed E-state index contributed by atoms with van der Waals surface area (Å²) in [5.74, 6) is -0.129. The zero-order chi connectivity index (χ0) is 9.19. The van der Waals surface area contributed by atoms with Crippen molar-refractivity contribution in [3.05, 3.63) is 0 Å². The van der Waals surface area contributed by atoms with Crippen molar-refractivity contribution in [3.63, 3.8) is 0 Å². The van der Waals surface area contributed by atoms with E-state index in [2.05, 4.69) is 5.32 Å². The molecule has 0 heterocycles. The van der Waals surface area contributed by atoms with E-state index in [1.165, 1.54) is 0 Å². The molecule has 1 aliphatic carbocycles. The molecule has 4 N–H and O–H groups in total. The maximum Gasteiger partial charge on any atom is 0.240 e. The first-order valence-electron chi connectivity index (χ1n) is 4.29. The van der Waals surface area contributed by atoms with Crippen molar-refractivity contribution in [2.24, 2.45) is 5.73 Å². The van der Waals surface area contributed by atoms with Crippen molar-refractivity contribution in [2.45, 2.75) is 37.8 Å². The molecule has 0 radical (unpaired) electrons. The molecule has 0 aliphatic heterocycles. The Morgan fingerprint density at radius 2 is 2.33 bits per heavy atom. The normalized spacial score (nSPS) is 22.6. The summed E-state index contributed by atoms with van der Waals surface area (Å²) >= 11 is 0. The molecule has 4 heteroatoms. The number of hydrogen-bond donors (Lipinski definition) is 3. The summed E-state index contributed by atoms with van der Waals surface area (Å²) in [6.45, 7) is 1.71. The van der Waals surface area contributed by atoms with Crippen LogP contribution in [0, 0.1) is 0 Å². The van der Waals surface area contributed by atoms with Gasteiger partial charge in [-0.15, -0.1) is 0 Å². The van der Waals surface area contributed by atoms with E-state index < -0.39 is 5.54 Å². The third kappa shape index (κ3) is 1.76. The maximum absolute atomic E-state index is 11.4. The predicted molar refractivity (Wildman–Crippen MR) is 45.5 cm³/mol. The van der Waals surface area contributed by atoms with Crippen molar-refractivity contribution in [3.8, 4) is 0 Å². The summed E-state index contributed by atoms with van der Waals surface area (Å²) in [6.07, 6.45) is 2.55. The molecule has 4 nitrogen and oxygen atoms in total. The Morgan fingerprint density at radius 1 is 1.75 bits per heavy atom. The molecule has 1 atom stereocenters. The second-order valence-electron chi connectivity index (χ2n) is 3.57. The minimum Gasteiger partial charge on any atom is -0.394 e. The third-order valence-electron chi connectivity index (χ3n) is 2.35. The van der Waals surface area contributed by atoms with E-state index >= 15 is 0 Å². The van der Waals surface area contributed by atoms with E-state index in [9.17, 15) is 4.79 Å². The van der Waals surface area contributed by atoms with Crippen LogP contribution in [0.1, 0.15) is 26.2 Å².